The van der Waals surface area contributed by atoms with Crippen molar-refractivity contribution < 1.29 is 13.2 Å². The van der Waals surface area contributed by atoms with E-state index in [1.165, 1.54) is 16.8 Å². The first-order chi connectivity index (χ1) is 15.2. The highest BCUT2D eigenvalue weighted by molar-refractivity contribution is 7.88. The van der Waals surface area contributed by atoms with Crippen LogP contribution in [-0.4, -0.2) is 37.9 Å². The van der Waals surface area contributed by atoms with Gasteiger partial charge >= 0.3 is 5.69 Å². The molecule has 9 heteroatoms. The zero-order valence-electron chi connectivity index (χ0n) is 17.9. The minimum atomic E-state index is -3.27. The van der Waals surface area contributed by atoms with Crippen LogP contribution in [0.5, 0.6) is 5.75 Å². The highest BCUT2D eigenvalue weighted by Gasteiger charge is 2.18. The van der Waals surface area contributed by atoms with Crippen molar-refractivity contribution in [2.75, 3.05) is 19.9 Å². The van der Waals surface area contributed by atoms with Crippen LogP contribution in [0.15, 0.2) is 58.3 Å². The third-order valence-corrected chi connectivity index (χ3v) is 6.09. The third kappa shape index (κ3) is 4.30. The summed E-state index contributed by atoms with van der Waals surface area (Å²) in [6, 6.07) is 11.0. The smallest absolute Gasteiger partial charge is 0.332 e. The molecule has 1 aromatic heterocycles. The van der Waals surface area contributed by atoms with Gasteiger partial charge in [-0.2, -0.15) is 0 Å². The molecule has 1 aliphatic carbocycles. The fourth-order valence-corrected chi connectivity index (χ4v) is 4.38. The second kappa shape index (κ2) is 8.25. The number of methoxy groups -OCH3 is 1. The van der Waals surface area contributed by atoms with Gasteiger partial charge in [0, 0.05) is 24.4 Å². The molecular formula is C23H23N3O5S. The zero-order chi connectivity index (χ0) is 23.0. The minimum absolute atomic E-state index is 0.248. The van der Waals surface area contributed by atoms with Crippen LogP contribution in [0.2, 0.25) is 0 Å². The van der Waals surface area contributed by atoms with Crippen LogP contribution in [0.25, 0.3) is 22.4 Å². The lowest BCUT2D eigenvalue weighted by Gasteiger charge is -2.16. The fraction of sp³-hybridized carbons (Fsp3) is 0.217. The molecule has 2 N–H and O–H groups in total. The van der Waals surface area contributed by atoms with Gasteiger partial charge < -0.3 is 4.74 Å². The number of aryl methyl sites for hydroxylation is 1. The number of aromatic nitrogens is 2. The molecule has 4 rings (SSSR count). The molecule has 2 aromatic carbocycles. The summed E-state index contributed by atoms with van der Waals surface area (Å²) in [5.74, 6) is 0.691. The third-order valence-electron chi connectivity index (χ3n) is 5.42. The maximum Gasteiger partial charge on any atom is 0.332 e. The van der Waals surface area contributed by atoms with Crippen molar-refractivity contribution in [3.63, 3.8) is 0 Å². The highest BCUT2D eigenvalue weighted by atomic mass is 32.2. The molecule has 32 heavy (non-hydrogen) atoms. The van der Waals surface area contributed by atoms with E-state index in [-0.39, 0.29) is 6.54 Å². The Balaban J connectivity index is 1.76. The fourth-order valence-electron chi connectivity index (χ4n) is 3.96. The van der Waals surface area contributed by atoms with Crippen LogP contribution in [0.1, 0.15) is 16.7 Å². The summed E-state index contributed by atoms with van der Waals surface area (Å²) in [5, 5.41) is 0. The lowest BCUT2D eigenvalue weighted by Crippen LogP contribution is -2.27. The second-order valence-corrected chi connectivity index (χ2v) is 9.56. The van der Waals surface area contributed by atoms with Gasteiger partial charge in [-0.15, -0.1) is 0 Å². The van der Waals surface area contributed by atoms with E-state index in [1.807, 2.05) is 37.3 Å². The monoisotopic (exact) mass is 453 g/mol. The molecule has 166 valence electrons. The van der Waals surface area contributed by atoms with Gasteiger partial charge in [0.1, 0.15) is 5.75 Å². The van der Waals surface area contributed by atoms with Gasteiger partial charge in [-0.3, -0.25) is 14.3 Å². The Kier molecular flexibility index (Phi) is 5.62. The molecule has 0 bridgehead atoms. The Morgan fingerprint density at radius 2 is 1.91 bits per heavy atom. The molecule has 0 saturated carbocycles. The van der Waals surface area contributed by atoms with Gasteiger partial charge in [-0.25, -0.2) is 17.9 Å². The molecule has 0 aliphatic heterocycles. The van der Waals surface area contributed by atoms with Crippen LogP contribution in [0.3, 0.4) is 0 Å². The first-order valence-corrected chi connectivity index (χ1v) is 11.8. The topological polar surface area (TPSA) is 110 Å². The van der Waals surface area contributed by atoms with E-state index in [0.717, 1.165) is 39.6 Å². The first-order valence-electron chi connectivity index (χ1n) is 9.94. The molecule has 0 radical (unpaired) electrons. The Morgan fingerprint density at radius 3 is 2.59 bits per heavy atom. The van der Waals surface area contributed by atoms with E-state index in [4.69, 9.17) is 4.74 Å². The molecule has 0 atom stereocenters. The predicted molar refractivity (Wildman–Crippen MR) is 124 cm³/mol. The van der Waals surface area contributed by atoms with E-state index in [2.05, 4.69) is 15.8 Å². The van der Waals surface area contributed by atoms with Gasteiger partial charge in [-0.05, 0) is 53.3 Å². The molecule has 0 fully saturated rings. The van der Waals surface area contributed by atoms with Gasteiger partial charge in [0.2, 0.25) is 10.0 Å². The number of rotatable bonds is 6. The van der Waals surface area contributed by atoms with Crippen LogP contribution in [0.4, 0.5) is 0 Å². The van der Waals surface area contributed by atoms with E-state index in [9.17, 15) is 18.0 Å². The predicted octanol–water partition coefficient (Wildman–Crippen LogP) is 2.00. The van der Waals surface area contributed by atoms with E-state index >= 15 is 0 Å². The second-order valence-electron chi connectivity index (χ2n) is 7.72. The summed E-state index contributed by atoms with van der Waals surface area (Å²) >= 11 is 0. The summed E-state index contributed by atoms with van der Waals surface area (Å²) < 4.78 is 32.4. The summed E-state index contributed by atoms with van der Waals surface area (Å²) in [7, 11) is -1.68. The minimum Gasteiger partial charge on any atom is -0.496 e. The lowest BCUT2D eigenvalue weighted by atomic mass is 9.96. The van der Waals surface area contributed by atoms with Crippen LogP contribution < -0.4 is 20.7 Å². The van der Waals surface area contributed by atoms with Crippen molar-refractivity contribution in [1.82, 2.24) is 14.3 Å². The molecule has 0 saturated heterocycles. The number of hydrogen-bond acceptors (Lipinski definition) is 5. The summed E-state index contributed by atoms with van der Waals surface area (Å²) in [4.78, 5) is 26.0. The summed E-state index contributed by atoms with van der Waals surface area (Å²) in [6.07, 6.45) is 5.30. The average Bonchev–Trinajstić information content (AvgIpc) is 3.13. The molecule has 0 unspecified atom stereocenters. The van der Waals surface area contributed by atoms with Crippen LogP contribution in [0, 0.1) is 6.92 Å². The number of sulfonamides is 1. The van der Waals surface area contributed by atoms with Crippen molar-refractivity contribution in [3.8, 4) is 22.6 Å². The van der Waals surface area contributed by atoms with Crippen molar-refractivity contribution in [1.29, 1.82) is 0 Å². The molecule has 0 amide bonds. The SMILES string of the molecule is COc1c(C)cc(-n2ccc(=O)[nH]c2=O)cc1-c1ccc2c(c1)CC=C2CNS(C)(=O)=O. The van der Waals surface area contributed by atoms with E-state index in [1.54, 1.807) is 7.11 Å². The number of allylic oxidation sites excluding steroid dienone is 1. The standard InChI is InChI=1S/C23H23N3O5S/c1-14-10-18(26-9-8-21(27)25-23(26)28)12-20(22(14)31-2)16-6-7-19-15(11-16)4-5-17(19)13-24-32(3,29)30/h5-12,24H,4,13H2,1-3H3,(H,25,27,28). The largest absolute Gasteiger partial charge is 0.496 e. The molecule has 1 heterocycles. The average molecular weight is 454 g/mol. The number of nitrogens with zero attached hydrogens (tertiary/aromatic N) is 1. The quantitative estimate of drug-likeness (QED) is 0.593. The number of ether oxygens (including phenoxy) is 1. The normalized spacial score (nSPS) is 13.0. The van der Waals surface area contributed by atoms with Gasteiger partial charge in [0.05, 0.1) is 19.1 Å². The maximum absolute atomic E-state index is 12.3. The number of aromatic amines is 1. The Morgan fingerprint density at radius 1 is 1.12 bits per heavy atom. The van der Waals surface area contributed by atoms with Gasteiger partial charge in [-0.1, -0.05) is 24.3 Å². The van der Waals surface area contributed by atoms with Crippen molar-refractivity contribution in [3.05, 3.63) is 86.2 Å². The van der Waals surface area contributed by atoms with Crippen LogP contribution >= 0.6 is 0 Å². The molecule has 8 nitrogen and oxygen atoms in total. The van der Waals surface area contributed by atoms with Gasteiger partial charge in [0.25, 0.3) is 5.56 Å². The van der Waals surface area contributed by atoms with Crippen molar-refractivity contribution in [2.45, 2.75) is 13.3 Å². The zero-order valence-corrected chi connectivity index (χ0v) is 18.7. The Hall–Kier alpha value is -3.43. The summed E-state index contributed by atoms with van der Waals surface area (Å²) in [5.41, 5.74) is 5.23. The van der Waals surface area contributed by atoms with Crippen molar-refractivity contribution in [2.24, 2.45) is 0 Å². The van der Waals surface area contributed by atoms with E-state index in [0.29, 0.717) is 17.9 Å². The highest BCUT2D eigenvalue weighted by Crippen LogP contribution is 2.38. The molecule has 3 aromatic rings. The Labute approximate surface area is 185 Å². The Bertz CT molecular complexity index is 1470. The number of H-pyrrole nitrogens is 1. The lowest BCUT2D eigenvalue weighted by molar-refractivity contribution is 0.413. The number of nitrogens with one attached hydrogen (secondary N) is 2. The molecule has 1 aliphatic rings. The molecular weight excluding hydrogens is 430 g/mol. The summed E-state index contributed by atoms with van der Waals surface area (Å²) in [6.45, 7) is 2.14. The number of fused-ring (bicyclic) bond motifs is 1. The first kappa shape index (κ1) is 21.8. The van der Waals surface area contributed by atoms with E-state index < -0.39 is 21.3 Å². The number of hydrogen-bond donors (Lipinski definition) is 2. The van der Waals surface area contributed by atoms with Crippen molar-refractivity contribution >= 4 is 15.6 Å². The molecule has 0 spiro atoms. The van der Waals surface area contributed by atoms with Gasteiger partial charge in [0.15, 0.2) is 0 Å². The van der Waals surface area contributed by atoms with Crippen LogP contribution in [-0.2, 0) is 16.4 Å². The number of benzene rings is 2. The maximum atomic E-state index is 12.3.